The lowest BCUT2D eigenvalue weighted by Crippen LogP contribution is -2.40. The summed E-state index contributed by atoms with van der Waals surface area (Å²) in [6.07, 6.45) is 3.41. The van der Waals surface area contributed by atoms with Crippen molar-refractivity contribution in [3.8, 4) is 11.5 Å². The minimum atomic E-state index is -0.506. The number of benzene rings is 1. The molecule has 1 fully saturated rings. The van der Waals surface area contributed by atoms with E-state index in [1.807, 2.05) is 54.1 Å². The fourth-order valence-electron chi connectivity index (χ4n) is 3.48. The van der Waals surface area contributed by atoms with Crippen LogP contribution in [0.2, 0.25) is 0 Å². The van der Waals surface area contributed by atoms with Crippen LogP contribution in [-0.2, 0) is 20.1 Å². The highest BCUT2D eigenvalue weighted by Crippen LogP contribution is 2.29. The molecule has 0 amide bonds. The molecule has 0 bridgehead atoms. The summed E-state index contributed by atoms with van der Waals surface area (Å²) in [5, 5.41) is 14.5. The van der Waals surface area contributed by atoms with Gasteiger partial charge in [0.05, 0.1) is 13.3 Å². The van der Waals surface area contributed by atoms with E-state index in [2.05, 4.69) is 21.9 Å². The fraction of sp³-hybridized carbons (Fsp3) is 0.571. The van der Waals surface area contributed by atoms with Gasteiger partial charge in [-0.1, -0.05) is 6.07 Å². The number of hydrogen-bond acceptors (Lipinski definition) is 7. The molecule has 1 atom stereocenters. The Morgan fingerprint density at radius 3 is 2.66 bits per heavy atom. The zero-order chi connectivity index (χ0) is 20.6. The Morgan fingerprint density at radius 1 is 1.21 bits per heavy atom. The summed E-state index contributed by atoms with van der Waals surface area (Å²) in [4.78, 5) is 4.52. The molecule has 1 aromatic carbocycles. The first-order chi connectivity index (χ1) is 14.0. The Balaban J connectivity index is 1.51. The zero-order valence-corrected chi connectivity index (χ0v) is 18.4. The van der Waals surface area contributed by atoms with E-state index < -0.39 is 6.10 Å². The number of aliphatic hydroxyl groups is 1. The van der Waals surface area contributed by atoms with Crippen LogP contribution in [0, 0.1) is 0 Å². The Labute approximate surface area is 177 Å². The highest BCUT2D eigenvalue weighted by Gasteiger charge is 2.16. The van der Waals surface area contributed by atoms with Crippen molar-refractivity contribution in [1.29, 1.82) is 0 Å². The van der Waals surface area contributed by atoms with Gasteiger partial charge >= 0.3 is 0 Å². The van der Waals surface area contributed by atoms with E-state index in [0.717, 1.165) is 43.2 Å². The van der Waals surface area contributed by atoms with Gasteiger partial charge in [0, 0.05) is 63.0 Å². The first-order valence-electron chi connectivity index (χ1n) is 9.97. The van der Waals surface area contributed by atoms with Crippen LogP contribution >= 0.6 is 11.8 Å². The second-order valence-electron chi connectivity index (χ2n) is 7.56. The number of hydrogen-bond donors (Lipinski definition) is 1. The molecule has 0 spiro atoms. The summed E-state index contributed by atoms with van der Waals surface area (Å²) in [7, 11) is 5.65. The largest absolute Gasteiger partial charge is 0.493 e. The number of thioether (sulfide) groups is 1. The second kappa shape index (κ2) is 10.9. The zero-order valence-electron chi connectivity index (χ0n) is 17.6. The van der Waals surface area contributed by atoms with Crippen LogP contribution in [0.1, 0.15) is 11.1 Å². The van der Waals surface area contributed by atoms with E-state index in [1.165, 1.54) is 5.56 Å². The van der Waals surface area contributed by atoms with Crippen LogP contribution in [0.3, 0.4) is 0 Å². The Kier molecular flexibility index (Phi) is 8.23. The minimum absolute atomic E-state index is 0.264. The molecule has 0 saturated carbocycles. The summed E-state index contributed by atoms with van der Waals surface area (Å²) in [6.45, 7) is 4.61. The van der Waals surface area contributed by atoms with Gasteiger partial charge in [-0.15, -0.1) is 0 Å². The van der Waals surface area contributed by atoms with E-state index in [-0.39, 0.29) is 6.61 Å². The average molecular weight is 421 g/mol. The number of aromatic nitrogens is 2. The summed E-state index contributed by atoms with van der Waals surface area (Å²) in [6, 6.07) is 5.98. The van der Waals surface area contributed by atoms with Gasteiger partial charge in [0.1, 0.15) is 12.7 Å². The molecule has 8 heteroatoms. The number of nitrogens with zero attached hydrogens (tertiary/aromatic N) is 4. The lowest BCUT2D eigenvalue weighted by Gasteiger charge is -2.28. The molecular formula is C21H32N4O3S. The molecule has 160 valence electrons. The van der Waals surface area contributed by atoms with Crippen molar-refractivity contribution in [3.63, 3.8) is 0 Å². The predicted octanol–water partition coefficient (Wildman–Crippen LogP) is 1.85. The lowest BCUT2D eigenvalue weighted by atomic mass is 10.2. The van der Waals surface area contributed by atoms with Gasteiger partial charge in [-0.05, 0) is 24.7 Å². The molecule has 1 saturated heterocycles. The number of aryl methyl sites for hydroxylation is 1. The molecule has 0 unspecified atom stereocenters. The normalized spacial score (nSPS) is 16.2. The lowest BCUT2D eigenvalue weighted by molar-refractivity contribution is 0.0704. The van der Waals surface area contributed by atoms with Crippen LogP contribution in [0.15, 0.2) is 30.6 Å². The van der Waals surface area contributed by atoms with Crippen molar-refractivity contribution in [3.05, 3.63) is 41.7 Å². The van der Waals surface area contributed by atoms with E-state index in [9.17, 15) is 5.11 Å². The smallest absolute Gasteiger partial charge is 0.161 e. The van der Waals surface area contributed by atoms with Crippen LogP contribution in [0.4, 0.5) is 0 Å². The number of methoxy groups -OCH3 is 1. The molecule has 3 rings (SSSR count). The molecular weight excluding hydrogens is 388 g/mol. The topological polar surface area (TPSA) is 63.0 Å². The van der Waals surface area contributed by atoms with E-state index >= 15 is 0 Å². The highest BCUT2D eigenvalue weighted by atomic mass is 32.2. The summed E-state index contributed by atoms with van der Waals surface area (Å²) < 4.78 is 13.2. The van der Waals surface area contributed by atoms with E-state index in [1.54, 1.807) is 7.11 Å². The SMILES string of the molecule is COc1cc(CN(C)Cc2cnn(C)c2)ccc1OC[C@@H](O)CN1CCSCC1. The Morgan fingerprint density at radius 2 is 1.97 bits per heavy atom. The quantitative estimate of drug-likeness (QED) is 0.629. The van der Waals surface area contributed by atoms with E-state index in [0.29, 0.717) is 18.0 Å². The van der Waals surface area contributed by atoms with Gasteiger partial charge in [-0.3, -0.25) is 14.5 Å². The van der Waals surface area contributed by atoms with Crippen LogP contribution in [0.25, 0.3) is 0 Å². The highest BCUT2D eigenvalue weighted by molar-refractivity contribution is 7.99. The number of β-amino-alcohol motifs (C(OH)–C–C–N with tert-alkyl or cyclic N) is 1. The van der Waals surface area contributed by atoms with Crippen molar-refractivity contribution in [2.75, 3.05) is 51.9 Å². The van der Waals surface area contributed by atoms with Gasteiger partial charge in [0.15, 0.2) is 11.5 Å². The monoisotopic (exact) mass is 420 g/mol. The molecule has 1 N–H and O–H groups in total. The molecule has 7 nitrogen and oxygen atoms in total. The first kappa shape index (κ1) is 22.0. The number of aliphatic hydroxyl groups excluding tert-OH is 1. The maximum atomic E-state index is 10.3. The van der Waals surface area contributed by atoms with Gasteiger partial charge in [0.25, 0.3) is 0 Å². The third-order valence-electron chi connectivity index (χ3n) is 4.90. The van der Waals surface area contributed by atoms with E-state index in [4.69, 9.17) is 9.47 Å². The number of ether oxygens (including phenoxy) is 2. The molecule has 2 heterocycles. The standard InChI is InChI=1S/C21H32N4O3S/c1-23(13-18-11-22-24(2)14-18)12-17-4-5-20(21(10-17)27-3)28-16-19(26)15-25-6-8-29-9-7-25/h4-5,10-11,14,19,26H,6-9,12-13,15-16H2,1-3H3/t19-/m0/s1. The van der Waals surface area contributed by atoms with Crippen molar-refractivity contribution >= 4 is 11.8 Å². The summed E-state index contributed by atoms with van der Waals surface area (Å²) in [5.41, 5.74) is 2.33. The van der Waals surface area contributed by atoms with Gasteiger partial charge in [-0.2, -0.15) is 16.9 Å². The molecule has 29 heavy (non-hydrogen) atoms. The Hall–Kier alpha value is -1.74. The maximum Gasteiger partial charge on any atom is 0.161 e. The third-order valence-corrected chi connectivity index (χ3v) is 5.84. The summed E-state index contributed by atoms with van der Waals surface area (Å²) >= 11 is 1.97. The number of rotatable bonds is 10. The molecule has 1 aliphatic heterocycles. The van der Waals surface area contributed by atoms with Crippen molar-refractivity contribution in [2.24, 2.45) is 7.05 Å². The molecule has 0 radical (unpaired) electrons. The second-order valence-corrected chi connectivity index (χ2v) is 8.78. The van der Waals surface area contributed by atoms with Gasteiger partial charge in [0.2, 0.25) is 0 Å². The predicted molar refractivity (Wildman–Crippen MR) is 117 cm³/mol. The van der Waals surface area contributed by atoms with Crippen molar-refractivity contribution in [2.45, 2.75) is 19.2 Å². The van der Waals surface area contributed by atoms with Crippen molar-refractivity contribution < 1.29 is 14.6 Å². The van der Waals surface area contributed by atoms with Crippen LogP contribution in [0.5, 0.6) is 11.5 Å². The maximum absolute atomic E-state index is 10.3. The third kappa shape index (κ3) is 6.92. The molecule has 0 aliphatic carbocycles. The fourth-order valence-corrected chi connectivity index (χ4v) is 4.46. The van der Waals surface area contributed by atoms with Crippen molar-refractivity contribution in [1.82, 2.24) is 19.6 Å². The summed E-state index contributed by atoms with van der Waals surface area (Å²) in [5.74, 6) is 3.63. The first-order valence-corrected chi connectivity index (χ1v) is 11.1. The molecule has 1 aromatic heterocycles. The average Bonchev–Trinajstić information content (AvgIpc) is 3.12. The van der Waals surface area contributed by atoms with Crippen LogP contribution < -0.4 is 9.47 Å². The molecule has 1 aliphatic rings. The molecule has 2 aromatic rings. The Bertz CT molecular complexity index is 764. The minimum Gasteiger partial charge on any atom is -0.493 e. The van der Waals surface area contributed by atoms with Gasteiger partial charge < -0.3 is 14.6 Å². The van der Waals surface area contributed by atoms with Gasteiger partial charge in [-0.25, -0.2) is 0 Å². The van der Waals surface area contributed by atoms with Crippen LogP contribution in [-0.4, -0.2) is 82.7 Å².